The highest BCUT2D eigenvalue weighted by atomic mass is 14.9. The van der Waals surface area contributed by atoms with Gasteiger partial charge in [0, 0.05) is 13.1 Å². The standard InChI is InChI=1S/C12H21N3/c1-4-9-7-10(14-5-2)12(13)11(8-9)15-6-3/h7-8,14-15H,4-6,13H2,1-3H3. The van der Waals surface area contributed by atoms with Crippen LogP contribution in [-0.2, 0) is 6.42 Å². The minimum absolute atomic E-state index is 0.816. The van der Waals surface area contributed by atoms with E-state index in [4.69, 9.17) is 5.73 Å². The van der Waals surface area contributed by atoms with Gasteiger partial charge in [0.15, 0.2) is 0 Å². The predicted molar refractivity (Wildman–Crippen MR) is 68.6 cm³/mol. The van der Waals surface area contributed by atoms with Crippen molar-refractivity contribution in [2.24, 2.45) is 0 Å². The fourth-order valence-electron chi connectivity index (χ4n) is 1.59. The minimum Gasteiger partial charge on any atom is -0.395 e. The zero-order valence-corrected chi connectivity index (χ0v) is 9.85. The molecule has 3 nitrogen and oxygen atoms in total. The SMILES string of the molecule is CCNc1cc(CC)cc(NCC)c1N. The minimum atomic E-state index is 0.816. The van der Waals surface area contributed by atoms with Gasteiger partial charge in [-0.25, -0.2) is 0 Å². The van der Waals surface area contributed by atoms with E-state index in [0.717, 1.165) is 36.6 Å². The Balaban J connectivity index is 3.08. The van der Waals surface area contributed by atoms with Gasteiger partial charge < -0.3 is 16.4 Å². The van der Waals surface area contributed by atoms with Crippen LogP contribution in [0, 0.1) is 0 Å². The van der Waals surface area contributed by atoms with Gasteiger partial charge in [-0.05, 0) is 38.0 Å². The average Bonchev–Trinajstić information content (AvgIpc) is 2.24. The Kier molecular flexibility index (Phi) is 4.28. The van der Waals surface area contributed by atoms with E-state index in [1.165, 1.54) is 5.56 Å². The summed E-state index contributed by atoms with van der Waals surface area (Å²) in [4.78, 5) is 0. The van der Waals surface area contributed by atoms with Crippen molar-refractivity contribution >= 4 is 17.1 Å². The van der Waals surface area contributed by atoms with Gasteiger partial charge in [0.2, 0.25) is 0 Å². The van der Waals surface area contributed by atoms with Crippen LogP contribution >= 0.6 is 0 Å². The molecule has 0 aliphatic carbocycles. The second-order valence-electron chi connectivity index (χ2n) is 3.52. The lowest BCUT2D eigenvalue weighted by atomic mass is 10.1. The van der Waals surface area contributed by atoms with Crippen LogP contribution in [-0.4, -0.2) is 13.1 Å². The Bertz CT molecular complexity index is 294. The van der Waals surface area contributed by atoms with E-state index in [9.17, 15) is 0 Å². The lowest BCUT2D eigenvalue weighted by molar-refractivity contribution is 1.12. The molecule has 1 rings (SSSR count). The maximum absolute atomic E-state index is 6.05. The summed E-state index contributed by atoms with van der Waals surface area (Å²) < 4.78 is 0. The zero-order chi connectivity index (χ0) is 11.3. The quantitative estimate of drug-likeness (QED) is 0.651. The molecule has 3 heteroatoms. The number of aryl methyl sites for hydroxylation is 1. The highest BCUT2D eigenvalue weighted by Crippen LogP contribution is 2.29. The van der Waals surface area contributed by atoms with E-state index in [2.05, 4.69) is 43.5 Å². The first-order chi connectivity index (χ1) is 7.22. The summed E-state index contributed by atoms with van der Waals surface area (Å²) in [5.41, 5.74) is 10.2. The molecule has 0 unspecified atom stereocenters. The first kappa shape index (κ1) is 11.7. The number of anilines is 3. The molecule has 84 valence electrons. The summed E-state index contributed by atoms with van der Waals surface area (Å²) in [5.74, 6) is 0. The van der Waals surface area contributed by atoms with Crippen molar-refractivity contribution in [2.75, 3.05) is 29.5 Å². The maximum atomic E-state index is 6.05. The van der Waals surface area contributed by atoms with Crippen LogP contribution in [0.2, 0.25) is 0 Å². The van der Waals surface area contributed by atoms with Crippen LogP contribution in [0.25, 0.3) is 0 Å². The molecule has 0 aromatic heterocycles. The summed E-state index contributed by atoms with van der Waals surface area (Å²) in [6.07, 6.45) is 1.02. The van der Waals surface area contributed by atoms with Crippen molar-refractivity contribution in [3.63, 3.8) is 0 Å². The highest BCUT2D eigenvalue weighted by Gasteiger charge is 2.05. The molecule has 0 spiro atoms. The van der Waals surface area contributed by atoms with Crippen molar-refractivity contribution in [1.29, 1.82) is 0 Å². The van der Waals surface area contributed by atoms with E-state index in [1.807, 2.05) is 0 Å². The van der Waals surface area contributed by atoms with Crippen LogP contribution in [0.1, 0.15) is 26.3 Å². The number of nitrogen functional groups attached to an aromatic ring is 1. The fraction of sp³-hybridized carbons (Fsp3) is 0.500. The predicted octanol–water partition coefficient (Wildman–Crippen LogP) is 2.69. The molecular formula is C12H21N3. The smallest absolute Gasteiger partial charge is 0.0785 e. The third-order valence-electron chi connectivity index (χ3n) is 2.38. The fourth-order valence-corrected chi connectivity index (χ4v) is 1.59. The van der Waals surface area contributed by atoms with Crippen LogP contribution < -0.4 is 16.4 Å². The van der Waals surface area contributed by atoms with E-state index < -0.39 is 0 Å². The van der Waals surface area contributed by atoms with Gasteiger partial charge in [-0.1, -0.05) is 6.92 Å². The molecule has 0 aliphatic heterocycles. The van der Waals surface area contributed by atoms with E-state index in [1.54, 1.807) is 0 Å². The Morgan fingerprint density at radius 3 is 1.80 bits per heavy atom. The van der Waals surface area contributed by atoms with Crippen molar-refractivity contribution in [3.8, 4) is 0 Å². The van der Waals surface area contributed by atoms with Crippen molar-refractivity contribution in [2.45, 2.75) is 27.2 Å². The molecular weight excluding hydrogens is 186 g/mol. The van der Waals surface area contributed by atoms with Gasteiger partial charge in [-0.15, -0.1) is 0 Å². The van der Waals surface area contributed by atoms with Crippen molar-refractivity contribution < 1.29 is 0 Å². The zero-order valence-electron chi connectivity index (χ0n) is 9.85. The molecule has 15 heavy (non-hydrogen) atoms. The summed E-state index contributed by atoms with van der Waals surface area (Å²) in [7, 11) is 0. The van der Waals surface area contributed by atoms with Gasteiger partial charge in [0.25, 0.3) is 0 Å². The molecule has 0 amide bonds. The Labute approximate surface area is 92.1 Å². The Hall–Kier alpha value is -1.38. The number of rotatable bonds is 5. The molecule has 0 aliphatic rings. The van der Waals surface area contributed by atoms with E-state index >= 15 is 0 Å². The molecule has 0 heterocycles. The van der Waals surface area contributed by atoms with Crippen molar-refractivity contribution in [3.05, 3.63) is 17.7 Å². The molecule has 4 N–H and O–H groups in total. The van der Waals surface area contributed by atoms with Crippen LogP contribution in [0.15, 0.2) is 12.1 Å². The summed E-state index contributed by atoms with van der Waals surface area (Å²) in [6.45, 7) is 8.08. The van der Waals surface area contributed by atoms with Crippen molar-refractivity contribution in [1.82, 2.24) is 0 Å². The molecule has 1 aromatic rings. The van der Waals surface area contributed by atoms with Crippen LogP contribution in [0.3, 0.4) is 0 Å². The molecule has 0 radical (unpaired) electrons. The Morgan fingerprint density at radius 2 is 1.47 bits per heavy atom. The lowest BCUT2D eigenvalue weighted by Crippen LogP contribution is -2.07. The monoisotopic (exact) mass is 207 g/mol. The van der Waals surface area contributed by atoms with Gasteiger partial charge in [0.1, 0.15) is 0 Å². The third-order valence-corrected chi connectivity index (χ3v) is 2.38. The largest absolute Gasteiger partial charge is 0.395 e. The third kappa shape index (κ3) is 2.78. The van der Waals surface area contributed by atoms with Crippen LogP contribution in [0.4, 0.5) is 17.1 Å². The van der Waals surface area contributed by atoms with Crippen LogP contribution in [0.5, 0.6) is 0 Å². The number of hydrogen-bond acceptors (Lipinski definition) is 3. The molecule has 0 saturated carbocycles. The van der Waals surface area contributed by atoms with E-state index in [-0.39, 0.29) is 0 Å². The summed E-state index contributed by atoms with van der Waals surface area (Å²) in [6, 6.07) is 4.25. The van der Waals surface area contributed by atoms with Gasteiger partial charge >= 0.3 is 0 Å². The summed E-state index contributed by atoms with van der Waals surface area (Å²) >= 11 is 0. The first-order valence-electron chi connectivity index (χ1n) is 5.63. The second kappa shape index (κ2) is 5.49. The molecule has 0 saturated heterocycles. The summed E-state index contributed by atoms with van der Waals surface area (Å²) in [5, 5.41) is 6.57. The topological polar surface area (TPSA) is 50.1 Å². The highest BCUT2D eigenvalue weighted by molar-refractivity contribution is 5.81. The second-order valence-corrected chi connectivity index (χ2v) is 3.52. The number of benzene rings is 1. The lowest BCUT2D eigenvalue weighted by Gasteiger charge is -2.15. The first-order valence-corrected chi connectivity index (χ1v) is 5.63. The van der Waals surface area contributed by atoms with E-state index in [0.29, 0.717) is 0 Å². The molecule has 0 fully saturated rings. The number of hydrogen-bond donors (Lipinski definition) is 3. The maximum Gasteiger partial charge on any atom is 0.0785 e. The number of nitrogens with two attached hydrogens (primary N) is 1. The van der Waals surface area contributed by atoms with Gasteiger partial charge in [-0.3, -0.25) is 0 Å². The molecule has 0 bridgehead atoms. The number of nitrogens with one attached hydrogen (secondary N) is 2. The Morgan fingerprint density at radius 1 is 1.00 bits per heavy atom. The molecule has 0 atom stereocenters. The van der Waals surface area contributed by atoms with Gasteiger partial charge in [0.05, 0.1) is 17.1 Å². The normalized spacial score (nSPS) is 10.1. The average molecular weight is 207 g/mol. The van der Waals surface area contributed by atoms with Gasteiger partial charge in [-0.2, -0.15) is 0 Å². The molecule has 1 aromatic carbocycles.